The number of carbonyl (C=O) groups is 2. The smallest absolute Gasteiger partial charge is 0.317 e. The molecule has 1 saturated heterocycles. The molecule has 4 N–H and O–H groups in total. The van der Waals surface area contributed by atoms with Gasteiger partial charge in [0.1, 0.15) is 6.10 Å². The topological polar surface area (TPSA) is 117 Å². The van der Waals surface area contributed by atoms with Crippen LogP contribution in [0.2, 0.25) is 0 Å². The molecular formula is C48H80N4O5. The minimum absolute atomic E-state index is 0.0159. The van der Waals surface area contributed by atoms with E-state index in [0.29, 0.717) is 76.3 Å². The molecule has 0 aromatic heterocycles. The summed E-state index contributed by atoms with van der Waals surface area (Å²) in [5.41, 5.74) is 8.90. The number of rotatable bonds is 12. The van der Waals surface area contributed by atoms with Crippen molar-refractivity contribution in [3.63, 3.8) is 0 Å². The first-order valence-corrected chi connectivity index (χ1v) is 22.5. The van der Waals surface area contributed by atoms with E-state index in [1.165, 1.54) is 12.0 Å². The quantitative estimate of drug-likeness (QED) is 0.103. The third-order valence-electron chi connectivity index (χ3n) is 18.1. The van der Waals surface area contributed by atoms with Crippen molar-refractivity contribution >= 4 is 11.9 Å². The average Bonchev–Trinajstić information content (AvgIpc) is 3.50. The third kappa shape index (κ3) is 7.39. The van der Waals surface area contributed by atoms with Gasteiger partial charge in [0, 0.05) is 70.0 Å². The minimum atomic E-state index is -0.390. The maximum Gasteiger partial charge on any atom is 0.317 e. The van der Waals surface area contributed by atoms with Gasteiger partial charge in [-0.2, -0.15) is 0 Å². The Labute approximate surface area is 346 Å². The number of allylic oxidation sites excluding steroid dienone is 3. The second kappa shape index (κ2) is 15.5. The van der Waals surface area contributed by atoms with Crippen molar-refractivity contribution in [3.05, 3.63) is 36.8 Å². The fraction of sp³-hybridized carbons (Fsp3) is 0.833. The molecule has 1 heterocycles. The normalized spacial score (nSPS) is 39.9. The molecular weight excluding hydrogens is 713 g/mol. The Kier molecular flexibility index (Phi) is 12.0. The lowest BCUT2D eigenvalue weighted by atomic mass is 9.30. The number of fused-ring (bicyclic) bond motifs is 7. The van der Waals surface area contributed by atoms with Crippen LogP contribution in [-0.4, -0.2) is 84.9 Å². The molecule has 10 atom stereocenters. The molecule has 0 aromatic rings. The van der Waals surface area contributed by atoms with Crippen LogP contribution < -0.4 is 11.1 Å². The van der Waals surface area contributed by atoms with Crippen LogP contribution in [-0.2, 0) is 14.3 Å². The van der Waals surface area contributed by atoms with E-state index in [2.05, 4.69) is 80.4 Å². The number of aliphatic hydroxyl groups excluding tert-OH is 1. The largest absolute Gasteiger partial charge is 0.513 e. The van der Waals surface area contributed by atoms with Crippen LogP contribution in [0.15, 0.2) is 36.8 Å². The first kappa shape index (κ1) is 44.0. The number of nitrogens with zero attached hydrogens (tertiary/aromatic N) is 2. The molecule has 322 valence electrons. The maximum atomic E-state index is 14.4. The molecule has 0 spiro atoms. The first-order valence-electron chi connectivity index (χ1n) is 22.5. The summed E-state index contributed by atoms with van der Waals surface area (Å²) in [6, 6.07) is -0.0843. The number of nitrogens with two attached hydrogens (primary N) is 1. The van der Waals surface area contributed by atoms with E-state index in [4.69, 9.17) is 15.2 Å². The minimum Gasteiger partial charge on any atom is -0.513 e. The van der Waals surface area contributed by atoms with E-state index in [-0.39, 0.29) is 67.7 Å². The molecule has 0 radical (unpaired) electrons. The van der Waals surface area contributed by atoms with Gasteiger partial charge in [-0.1, -0.05) is 73.8 Å². The summed E-state index contributed by atoms with van der Waals surface area (Å²) in [6.45, 7) is 35.1. The van der Waals surface area contributed by atoms with E-state index >= 15 is 0 Å². The number of hydrogen-bond donors (Lipinski definition) is 3. The number of urea groups is 1. The second-order valence-corrected chi connectivity index (χ2v) is 22.2. The second-order valence-electron chi connectivity index (χ2n) is 22.2. The summed E-state index contributed by atoms with van der Waals surface area (Å²) >= 11 is 0. The van der Waals surface area contributed by atoms with Crippen molar-refractivity contribution < 1.29 is 24.2 Å². The number of hydrogen-bond acceptors (Lipinski definition) is 6. The van der Waals surface area contributed by atoms with E-state index in [0.717, 1.165) is 63.5 Å². The van der Waals surface area contributed by atoms with Crippen molar-refractivity contribution in [2.75, 3.05) is 46.4 Å². The van der Waals surface area contributed by atoms with Gasteiger partial charge >= 0.3 is 6.03 Å². The molecule has 9 heteroatoms. The third-order valence-corrected chi connectivity index (χ3v) is 18.1. The summed E-state index contributed by atoms with van der Waals surface area (Å²) in [5.74, 6) is 2.89. The lowest BCUT2D eigenvalue weighted by Gasteiger charge is -2.75. The van der Waals surface area contributed by atoms with Crippen LogP contribution in [0, 0.1) is 56.2 Å². The van der Waals surface area contributed by atoms with Crippen molar-refractivity contribution in [1.82, 2.24) is 15.1 Å². The molecule has 6 fully saturated rings. The predicted molar refractivity (Wildman–Crippen MR) is 229 cm³/mol. The molecule has 6 aliphatic rings. The molecule has 2 unspecified atom stereocenters. The highest BCUT2D eigenvalue weighted by atomic mass is 16.5. The van der Waals surface area contributed by atoms with Gasteiger partial charge in [-0.3, -0.25) is 4.79 Å². The highest BCUT2D eigenvalue weighted by Gasteiger charge is 2.75. The van der Waals surface area contributed by atoms with Crippen molar-refractivity contribution in [2.24, 2.45) is 61.9 Å². The molecule has 6 rings (SSSR count). The summed E-state index contributed by atoms with van der Waals surface area (Å²) in [5, 5.41) is 12.8. The van der Waals surface area contributed by atoms with E-state index in [1.807, 2.05) is 9.80 Å². The number of amides is 3. The molecule has 57 heavy (non-hydrogen) atoms. The van der Waals surface area contributed by atoms with Crippen LogP contribution in [0.1, 0.15) is 139 Å². The zero-order chi connectivity index (χ0) is 42.0. The highest BCUT2D eigenvalue weighted by molar-refractivity contribution is 5.78. The Morgan fingerprint density at radius 3 is 2.14 bits per heavy atom. The fourth-order valence-electron chi connectivity index (χ4n) is 15.3. The van der Waals surface area contributed by atoms with Crippen LogP contribution >= 0.6 is 0 Å². The molecule has 5 aliphatic carbocycles. The monoisotopic (exact) mass is 793 g/mol. The number of aliphatic hydroxyl groups is 1. The zero-order valence-electron chi connectivity index (χ0n) is 37.5. The lowest BCUT2D eigenvalue weighted by molar-refractivity contribution is -0.255. The van der Waals surface area contributed by atoms with Crippen molar-refractivity contribution in [3.8, 4) is 0 Å². The summed E-state index contributed by atoms with van der Waals surface area (Å²) < 4.78 is 11.9. The highest BCUT2D eigenvalue weighted by Crippen LogP contribution is 2.78. The summed E-state index contributed by atoms with van der Waals surface area (Å²) in [6.07, 6.45) is 12.7. The van der Waals surface area contributed by atoms with Gasteiger partial charge in [0.15, 0.2) is 0 Å². The van der Waals surface area contributed by atoms with Gasteiger partial charge in [0.2, 0.25) is 5.91 Å². The Balaban J connectivity index is 1.20. The number of carbonyl (C=O) groups excluding carboxylic acids is 2. The predicted octanol–water partition coefficient (Wildman–Crippen LogP) is 9.39. The Morgan fingerprint density at radius 2 is 1.51 bits per heavy atom. The van der Waals surface area contributed by atoms with Gasteiger partial charge in [0.25, 0.3) is 0 Å². The standard InChI is InChI=1S/C48H80N4O5/c1-32(2)35-13-19-47(31-39(54)51-24-26-52(27-25-51)41(55)50-23-28-56-12)22-21-46(11)45(10)18-14-36-43(7,8)38(57-34(4)30-42(5,6)29-33(3)53)16-17-44(36,9)37(45)15-20-48(46,49)40(35)47/h35-38,40,53H,1,3-4,13-31,49H2,2,5-12H3,(H,50,55)/t35-,36-,37+,38?,40-,44-,45+,46-,47+,48?/m0/s1. The van der Waals surface area contributed by atoms with Gasteiger partial charge in [0.05, 0.1) is 18.1 Å². The number of methoxy groups -OCH3 is 1. The molecule has 3 amide bonds. The number of piperazine rings is 1. The van der Waals surface area contributed by atoms with Gasteiger partial charge in [-0.25, -0.2) is 4.79 Å². The van der Waals surface area contributed by atoms with Gasteiger partial charge in [-0.15, -0.1) is 0 Å². The van der Waals surface area contributed by atoms with Crippen LogP contribution in [0.3, 0.4) is 0 Å². The summed E-state index contributed by atoms with van der Waals surface area (Å²) in [7, 11) is 1.63. The maximum absolute atomic E-state index is 14.4. The molecule has 9 nitrogen and oxygen atoms in total. The molecule has 0 aromatic carbocycles. The Bertz CT molecular complexity index is 1580. The van der Waals surface area contributed by atoms with Crippen molar-refractivity contribution in [2.45, 2.75) is 151 Å². The van der Waals surface area contributed by atoms with Crippen molar-refractivity contribution in [1.29, 1.82) is 0 Å². The molecule has 1 aliphatic heterocycles. The van der Waals surface area contributed by atoms with Crippen LogP contribution in [0.25, 0.3) is 0 Å². The fourth-order valence-corrected chi connectivity index (χ4v) is 15.3. The first-order chi connectivity index (χ1) is 26.5. The van der Waals surface area contributed by atoms with E-state index in [1.54, 1.807) is 7.11 Å². The number of nitrogens with one attached hydrogen (secondary N) is 1. The molecule has 5 saturated carbocycles. The summed E-state index contributed by atoms with van der Waals surface area (Å²) in [4.78, 5) is 30.9. The zero-order valence-corrected chi connectivity index (χ0v) is 37.5. The van der Waals surface area contributed by atoms with Gasteiger partial charge < -0.3 is 35.4 Å². The van der Waals surface area contributed by atoms with Gasteiger partial charge in [-0.05, 0) is 122 Å². The molecule has 0 bridgehead atoms. The Hall–Kier alpha value is -2.52. The number of ether oxygens (including phenoxy) is 2. The van der Waals surface area contributed by atoms with E-state index in [9.17, 15) is 14.7 Å². The SMILES string of the molecule is C=C(O)CC(C)(C)CC(=C)OC1CC[C@]2(C)[C@H]3CCC4(N)[C@H]5[C@H](C(=C)C)CC[C@]5(CC(=O)N5CCN(C(=O)NCCOC)CC5)CC[C@@]4(C)[C@]3(C)CC[C@H]2C1(C)C. The van der Waals surface area contributed by atoms with E-state index < -0.39 is 0 Å². The van der Waals surface area contributed by atoms with Crippen LogP contribution in [0.4, 0.5) is 4.79 Å². The average molecular weight is 793 g/mol. The Morgan fingerprint density at radius 1 is 0.860 bits per heavy atom. The lowest BCUT2D eigenvalue weighted by Crippen LogP contribution is -2.76. The van der Waals surface area contributed by atoms with Crippen LogP contribution in [0.5, 0.6) is 0 Å².